The largest absolute Gasteiger partial charge is 0.406 e. The molecule has 41 heavy (non-hydrogen) atoms. The first kappa shape index (κ1) is 29.3. The minimum atomic E-state index is -2.93. The maximum absolute atomic E-state index is 12.5. The molecule has 0 spiro atoms. The van der Waals surface area contributed by atoms with E-state index in [4.69, 9.17) is 38.8 Å². The first-order valence-corrected chi connectivity index (χ1v) is 12.1. The molecule has 13 nitrogen and oxygen atoms in total. The zero-order valence-electron chi connectivity index (χ0n) is 21.4. The number of hydrogen-bond acceptors (Lipinski definition) is 13. The first-order valence-electron chi connectivity index (χ1n) is 12.1. The van der Waals surface area contributed by atoms with Gasteiger partial charge in [0.2, 0.25) is 6.10 Å². The summed E-state index contributed by atoms with van der Waals surface area (Å²) in [5, 5.41) is 11.0. The average molecular weight is 568 g/mol. The predicted molar refractivity (Wildman–Crippen MR) is 133 cm³/mol. The molecule has 0 radical (unpaired) electrons. The molecule has 0 aromatic heterocycles. The Morgan fingerprint density at radius 2 is 1.15 bits per heavy atom. The molecule has 13 heteroatoms. The lowest BCUT2D eigenvalue weighted by molar-refractivity contribution is -0.416. The van der Waals surface area contributed by atoms with Crippen LogP contribution in [0.1, 0.15) is 38.0 Å². The topological polar surface area (TPSA) is 162 Å². The second-order valence-electron chi connectivity index (χ2n) is 8.45. The molecule has 4 atom stereocenters. The molecule has 0 bridgehead atoms. The lowest BCUT2D eigenvalue weighted by Gasteiger charge is -2.26. The Morgan fingerprint density at radius 3 is 1.61 bits per heavy atom. The van der Waals surface area contributed by atoms with Crippen LogP contribution >= 0.6 is 0 Å². The van der Waals surface area contributed by atoms with Gasteiger partial charge in [-0.3, -0.25) is 19.5 Å². The van der Waals surface area contributed by atoms with Crippen molar-refractivity contribution in [3.63, 3.8) is 0 Å². The maximum Gasteiger partial charge on any atom is 0.373 e. The summed E-state index contributed by atoms with van der Waals surface area (Å²) in [4.78, 5) is 78.9. The molecule has 1 aliphatic heterocycles. The fraction of sp³-hybridized carbons (Fsp3) is 0.214. The Labute approximate surface area is 232 Å². The van der Waals surface area contributed by atoms with Gasteiger partial charge < -0.3 is 14.6 Å². The summed E-state index contributed by atoms with van der Waals surface area (Å²) in [6, 6.07) is 23.3. The first-order chi connectivity index (χ1) is 19.8. The average Bonchev–Trinajstić information content (AvgIpc) is 3.24. The normalized spacial score (nSPS) is 21.5. The highest BCUT2D eigenvalue weighted by molar-refractivity contribution is 5.89. The van der Waals surface area contributed by atoms with Gasteiger partial charge >= 0.3 is 29.9 Å². The molecule has 1 aliphatic rings. The van der Waals surface area contributed by atoms with Gasteiger partial charge in [-0.05, 0) is 36.4 Å². The van der Waals surface area contributed by atoms with E-state index < -0.39 is 54.8 Å². The highest BCUT2D eigenvalue weighted by Crippen LogP contribution is 2.36. The summed E-state index contributed by atoms with van der Waals surface area (Å²) in [6.07, 6.45) is -5.08. The quantitative estimate of drug-likeness (QED) is 0.156. The number of hydrogen-bond donors (Lipinski definition) is 1. The van der Waals surface area contributed by atoms with E-state index in [1.54, 1.807) is 54.6 Å². The van der Waals surface area contributed by atoms with Crippen molar-refractivity contribution < 1.29 is 63.1 Å². The van der Waals surface area contributed by atoms with Crippen LogP contribution in [-0.2, 0) is 43.6 Å². The molecule has 214 valence electrons. The number of rotatable bonds is 11. The van der Waals surface area contributed by atoms with E-state index in [1.165, 1.54) is 36.4 Å². The van der Waals surface area contributed by atoms with E-state index in [-0.39, 0.29) is 16.7 Å². The van der Waals surface area contributed by atoms with Crippen molar-refractivity contribution >= 4 is 23.9 Å². The Balaban J connectivity index is 1.52. The molecule has 0 unspecified atom stereocenters. The molecule has 3 aromatic rings. The van der Waals surface area contributed by atoms with Gasteiger partial charge in [0.1, 0.15) is 12.7 Å². The highest BCUT2D eigenvalue weighted by atomic mass is 17.2. The lowest BCUT2D eigenvalue weighted by atomic mass is 10.1. The molecule has 1 N–H and O–H groups in total. The smallest absolute Gasteiger partial charge is 0.373 e. The van der Waals surface area contributed by atoms with Crippen molar-refractivity contribution in [3.05, 3.63) is 108 Å². The number of aliphatic hydroxyl groups is 1. The third kappa shape index (κ3) is 7.72. The third-order valence-electron chi connectivity index (χ3n) is 5.49. The standard InChI is InChI=1S/C28H24O13/c1-18(29)35-28(33)24(38-41-27(32)21-15-9-4-10-16-21)23(37-40-26(31)20-13-7-3-8-14-20)22(36-28)17-34-39-25(30)19-11-5-2-6-12-19/h2-16,22-24,33H,17H2,1H3/t22-,23-,24-,28-/m1/s1. The Bertz CT molecular complexity index is 1330. The monoisotopic (exact) mass is 568 g/mol. The molecule has 0 aliphatic carbocycles. The van der Waals surface area contributed by atoms with E-state index in [2.05, 4.69) is 0 Å². The van der Waals surface area contributed by atoms with E-state index in [0.717, 1.165) is 6.92 Å². The van der Waals surface area contributed by atoms with Crippen molar-refractivity contribution in [2.75, 3.05) is 6.61 Å². The zero-order chi connectivity index (χ0) is 29.2. The SMILES string of the molecule is CC(=O)O[C@@]1(O)O[C@H](COOC(=O)c2ccccc2)[C@@H](OOC(=O)c2ccccc2)[C@H]1OOC(=O)c1ccccc1. The summed E-state index contributed by atoms with van der Waals surface area (Å²) >= 11 is 0. The Kier molecular flexibility index (Phi) is 9.73. The van der Waals surface area contributed by atoms with Crippen LogP contribution in [0.5, 0.6) is 0 Å². The molecule has 3 aromatic carbocycles. The third-order valence-corrected chi connectivity index (χ3v) is 5.49. The van der Waals surface area contributed by atoms with Crippen molar-refractivity contribution in [1.82, 2.24) is 0 Å². The molecule has 1 saturated heterocycles. The number of benzene rings is 3. The molecular weight excluding hydrogens is 544 g/mol. The van der Waals surface area contributed by atoms with E-state index in [1.807, 2.05) is 0 Å². The molecule has 1 fully saturated rings. The van der Waals surface area contributed by atoms with Crippen molar-refractivity contribution in [1.29, 1.82) is 0 Å². The highest BCUT2D eigenvalue weighted by Gasteiger charge is 2.62. The summed E-state index contributed by atoms with van der Waals surface area (Å²) in [7, 11) is 0. The summed E-state index contributed by atoms with van der Waals surface area (Å²) in [5.41, 5.74) is 0.372. The second-order valence-corrected chi connectivity index (χ2v) is 8.45. The fourth-order valence-corrected chi connectivity index (χ4v) is 3.61. The van der Waals surface area contributed by atoms with Crippen molar-refractivity contribution in [2.24, 2.45) is 0 Å². The van der Waals surface area contributed by atoms with Crippen molar-refractivity contribution in [3.8, 4) is 0 Å². The number of esters is 1. The summed E-state index contributed by atoms with van der Waals surface area (Å²) < 4.78 is 10.3. The van der Waals surface area contributed by atoms with E-state index >= 15 is 0 Å². The maximum atomic E-state index is 12.5. The van der Waals surface area contributed by atoms with Gasteiger partial charge in [-0.25, -0.2) is 14.4 Å². The van der Waals surface area contributed by atoms with Crippen molar-refractivity contribution in [2.45, 2.75) is 31.2 Å². The second kappa shape index (κ2) is 13.6. The zero-order valence-corrected chi connectivity index (χ0v) is 21.4. The summed E-state index contributed by atoms with van der Waals surface area (Å²) in [5.74, 6) is -6.72. The van der Waals surface area contributed by atoms with Gasteiger partial charge in [0.05, 0.1) is 16.7 Å². The van der Waals surface area contributed by atoms with E-state index in [9.17, 15) is 24.3 Å². The van der Waals surface area contributed by atoms with Crippen LogP contribution < -0.4 is 0 Å². The lowest BCUT2D eigenvalue weighted by Crippen LogP contribution is -2.49. The minimum absolute atomic E-state index is 0.0862. The van der Waals surface area contributed by atoms with Crippen LogP contribution in [0.3, 0.4) is 0 Å². The van der Waals surface area contributed by atoms with Crippen LogP contribution in [0.2, 0.25) is 0 Å². The van der Waals surface area contributed by atoms with Gasteiger partial charge in [-0.1, -0.05) is 54.6 Å². The predicted octanol–water partition coefficient (Wildman–Crippen LogP) is 2.70. The summed E-state index contributed by atoms with van der Waals surface area (Å²) in [6.45, 7) is 0.313. The Hall–Kier alpha value is -4.66. The molecule has 4 rings (SSSR count). The minimum Gasteiger partial charge on any atom is -0.406 e. The molecule has 0 amide bonds. The molecule has 1 heterocycles. The Morgan fingerprint density at radius 1 is 0.707 bits per heavy atom. The van der Waals surface area contributed by atoms with Gasteiger partial charge in [0.15, 0.2) is 6.10 Å². The molecule has 0 saturated carbocycles. The van der Waals surface area contributed by atoms with Gasteiger partial charge in [0, 0.05) is 6.92 Å². The van der Waals surface area contributed by atoms with Crippen LogP contribution in [0.4, 0.5) is 0 Å². The fourth-order valence-electron chi connectivity index (χ4n) is 3.61. The van der Waals surface area contributed by atoms with Crippen LogP contribution in [0, 0.1) is 0 Å². The van der Waals surface area contributed by atoms with Gasteiger partial charge in [-0.15, -0.1) is 0 Å². The number of ether oxygens (including phenoxy) is 2. The van der Waals surface area contributed by atoms with Crippen LogP contribution in [-0.4, -0.2) is 59.9 Å². The van der Waals surface area contributed by atoms with Gasteiger partial charge in [-0.2, -0.15) is 14.7 Å². The number of carbonyl (C=O) groups is 4. The molecular formula is C28H24O13. The van der Waals surface area contributed by atoms with Crippen LogP contribution in [0.25, 0.3) is 0 Å². The van der Waals surface area contributed by atoms with Crippen LogP contribution in [0.15, 0.2) is 91.0 Å². The number of carbonyl (C=O) groups excluding carboxylic acids is 4. The van der Waals surface area contributed by atoms with Gasteiger partial charge in [0.25, 0.3) is 0 Å². The van der Waals surface area contributed by atoms with E-state index in [0.29, 0.717) is 0 Å².